The summed E-state index contributed by atoms with van der Waals surface area (Å²) in [6.07, 6.45) is 3.80. The van der Waals surface area contributed by atoms with Gasteiger partial charge >= 0.3 is 5.97 Å². The summed E-state index contributed by atoms with van der Waals surface area (Å²) in [7, 11) is 2.18. The Balaban J connectivity index is 1.30. The lowest BCUT2D eigenvalue weighted by atomic mass is 9.90. The molecule has 0 aliphatic carbocycles. The zero-order valence-corrected chi connectivity index (χ0v) is 31.2. The van der Waals surface area contributed by atoms with E-state index in [1.807, 2.05) is 12.1 Å². The Hall–Kier alpha value is -5.40. The van der Waals surface area contributed by atoms with Gasteiger partial charge in [0.05, 0.1) is 23.6 Å². The van der Waals surface area contributed by atoms with Gasteiger partial charge in [0, 0.05) is 35.2 Å². The lowest BCUT2D eigenvalue weighted by Gasteiger charge is -2.16. The fourth-order valence-electron chi connectivity index (χ4n) is 8.13. The van der Waals surface area contributed by atoms with E-state index in [-0.39, 0.29) is 5.97 Å². The van der Waals surface area contributed by atoms with Crippen molar-refractivity contribution in [2.24, 2.45) is 12.0 Å². The minimum absolute atomic E-state index is 0.265. The molecule has 4 nitrogen and oxygen atoms in total. The first-order chi connectivity index (χ1) is 24.7. The van der Waals surface area contributed by atoms with E-state index < -0.39 is 0 Å². The number of benzene rings is 5. The fourth-order valence-corrected chi connectivity index (χ4v) is 8.13. The van der Waals surface area contributed by atoms with E-state index in [0.29, 0.717) is 12.2 Å². The molecule has 51 heavy (non-hydrogen) atoms. The van der Waals surface area contributed by atoms with Gasteiger partial charge in [0.1, 0.15) is 0 Å². The SMILES string of the molecule is CCCCOC(=O)c1ccc2ccc3c(C#Cc4ccc(/C(=C5/N=C(C)C(CC)=C5C)c5c(C)c(CC)c(C)n5C)cc4)ccc4ccc1c2c43. The van der Waals surface area contributed by atoms with Gasteiger partial charge in [0.2, 0.25) is 0 Å². The smallest absolute Gasteiger partial charge is 0.338 e. The number of carbonyl (C=O) groups is 1. The van der Waals surface area contributed by atoms with Gasteiger partial charge < -0.3 is 9.30 Å². The topological polar surface area (TPSA) is 43.6 Å². The van der Waals surface area contributed by atoms with Gasteiger partial charge in [-0.3, -0.25) is 4.99 Å². The molecule has 1 aliphatic heterocycles. The molecule has 0 fully saturated rings. The maximum absolute atomic E-state index is 13.1. The number of esters is 1. The number of carbonyl (C=O) groups excluding carboxylic acids is 1. The molecule has 2 heterocycles. The maximum atomic E-state index is 13.1. The van der Waals surface area contributed by atoms with Crippen LogP contribution in [-0.4, -0.2) is 22.9 Å². The van der Waals surface area contributed by atoms with Crippen molar-refractivity contribution in [2.75, 3.05) is 6.61 Å². The second-order valence-electron chi connectivity index (χ2n) is 13.8. The molecule has 0 unspecified atom stereocenters. The highest BCUT2D eigenvalue weighted by Gasteiger charge is 2.26. The van der Waals surface area contributed by atoms with Gasteiger partial charge in [-0.15, -0.1) is 0 Å². The summed E-state index contributed by atoms with van der Waals surface area (Å²) in [5, 5.41) is 6.46. The normalized spacial score (nSPS) is 14.1. The Morgan fingerprint density at radius 1 is 0.784 bits per heavy atom. The highest BCUT2D eigenvalue weighted by atomic mass is 16.5. The van der Waals surface area contributed by atoms with Crippen molar-refractivity contribution in [1.82, 2.24) is 4.57 Å². The van der Waals surface area contributed by atoms with Crippen LogP contribution in [0.4, 0.5) is 0 Å². The van der Waals surface area contributed by atoms with Crippen LogP contribution in [-0.2, 0) is 18.2 Å². The lowest BCUT2D eigenvalue weighted by Crippen LogP contribution is -2.07. The molecule has 0 radical (unpaired) electrons. The average Bonchev–Trinajstić information content (AvgIpc) is 3.54. The average molecular weight is 671 g/mol. The van der Waals surface area contributed by atoms with Gasteiger partial charge in [-0.1, -0.05) is 87.6 Å². The third kappa shape index (κ3) is 5.75. The van der Waals surface area contributed by atoms with Crippen molar-refractivity contribution in [2.45, 2.75) is 74.1 Å². The van der Waals surface area contributed by atoms with Gasteiger partial charge in [0.15, 0.2) is 0 Å². The molecule has 0 atom stereocenters. The first-order valence-corrected chi connectivity index (χ1v) is 18.3. The fraction of sp³-hybridized carbons (Fsp3) is 0.277. The van der Waals surface area contributed by atoms with Crippen molar-refractivity contribution in [3.05, 3.63) is 134 Å². The number of hydrogen-bond acceptors (Lipinski definition) is 3. The molecule has 0 saturated heterocycles. The van der Waals surface area contributed by atoms with Crippen LogP contribution in [0.5, 0.6) is 0 Å². The highest BCUT2D eigenvalue weighted by Crippen LogP contribution is 2.41. The zero-order valence-electron chi connectivity index (χ0n) is 31.2. The highest BCUT2D eigenvalue weighted by molar-refractivity contribution is 6.26. The Labute approximate surface area is 301 Å². The summed E-state index contributed by atoms with van der Waals surface area (Å²) in [6, 6.07) is 25.3. The summed E-state index contributed by atoms with van der Waals surface area (Å²) in [5.74, 6) is 6.70. The van der Waals surface area contributed by atoms with E-state index in [4.69, 9.17) is 9.73 Å². The number of nitrogens with zero attached hydrogens (tertiary/aromatic N) is 2. The summed E-state index contributed by atoms with van der Waals surface area (Å²) >= 11 is 0. The molecular weight excluding hydrogens is 625 g/mol. The summed E-state index contributed by atoms with van der Waals surface area (Å²) in [5.41, 5.74) is 14.9. The van der Waals surface area contributed by atoms with Gasteiger partial charge in [-0.05, 0) is 131 Å². The molecule has 4 heteroatoms. The minimum atomic E-state index is -0.265. The van der Waals surface area contributed by atoms with Crippen LogP contribution in [0, 0.1) is 25.7 Å². The maximum Gasteiger partial charge on any atom is 0.338 e. The largest absolute Gasteiger partial charge is 0.462 e. The predicted octanol–water partition coefficient (Wildman–Crippen LogP) is 11.4. The lowest BCUT2D eigenvalue weighted by molar-refractivity contribution is 0.0502. The van der Waals surface area contributed by atoms with Crippen LogP contribution < -0.4 is 0 Å². The number of hydrogen-bond donors (Lipinski definition) is 0. The summed E-state index contributed by atoms with van der Waals surface area (Å²) in [4.78, 5) is 18.2. The van der Waals surface area contributed by atoms with Gasteiger partial charge in [-0.2, -0.15) is 0 Å². The summed E-state index contributed by atoms with van der Waals surface area (Å²) in [6.45, 7) is 15.8. The zero-order chi connectivity index (χ0) is 36.0. The minimum Gasteiger partial charge on any atom is -0.462 e. The number of unbranched alkanes of at least 4 members (excludes halogenated alkanes) is 1. The number of aliphatic imine (C=N–C) groups is 1. The Kier molecular flexibility index (Phi) is 9.17. The molecule has 1 aromatic heterocycles. The molecule has 1 aliphatic rings. The molecule has 0 bridgehead atoms. The van der Waals surface area contributed by atoms with E-state index >= 15 is 0 Å². The second-order valence-corrected chi connectivity index (χ2v) is 13.8. The van der Waals surface area contributed by atoms with Crippen molar-refractivity contribution in [3.63, 3.8) is 0 Å². The quantitative estimate of drug-likeness (QED) is 0.0700. The van der Waals surface area contributed by atoms with E-state index in [0.717, 1.165) is 86.1 Å². The molecule has 7 rings (SSSR count). The first-order valence-electron chi connectivity index (χ1n) is 18.3. The van der Waals surface area contributed by atoms with E-state index in [2.05, 4.69) is 133 Å². The Morgan fingerprint density at radius 3 is 2.10 bits per heavy atom. The van der Waals surface area contributed by atoms with Gasteiger partial charge in [0.25, 0.3) is 0 Å². The van der Waals surface area contributed by atoms with Crippen LogP contribution in [0.25, 0.3) is 37.9 Å². The molecule has 256 valence electrons. The van der Waals surface area contributed by atoms with Gasteiger partial charge in [-0.25, -0.2) is 4.79 Å². The molecule has 5 aromatic carbocycles. The Bertz CT molecular complexity index is 2510. The molecule has 0 amide bonds. The molecule has 6 aromatic rings. The molecule has 0 spiro atoms. The van der Waals surface area contributed by atoms with Crippen molar-refractivity contribution < 1.29 is 9.53 Å². The molecule has 0 N–H and O–H groups in total. The van der Waals surface area contributed by atoms with E-state index in [9.17, 15) is 4.79 Å². The van der Waals surface area contributed by atoms with E-state index in [1.165, 1.54) is 39.2 Å². The third-order valence-electron chi connectivity index (χ3n) is 10.9. The molecular formula is C47H46N2O2. The number of rotatable bonds is 8. The third-order valence-corrected chi connectivity index (χ3v) is 10.9. The number of aromatic nitrogens is 1. The Morgan fingerprint density at radius 2 is 1.45 bits per heavy atom. The standard InChI is InChI=1S/C47H46N2O2/c1-9-12-27-51-47(50)41-26-23-35-21-24-39-33(19-20-34-22-25-40(41)43(35)42(34)39)16-13-32-14-17-36(18-15-32)44(45-28(4)37(10-2)30(6)48-45)46-29(5)38(11-3)31(7)49(46)8/h14-15,17-26H,9-12,27H2,1-8H3/b45-44-. The number of allylic oxidation sites excluding steroid dienone is 2. The molecule has 0 saturated carbocycles. The summed E-state index contributed by atoms with van der Waals surface area (Å²) < 4.78 is 7.96. The van der Waals surface area contributed by atoms with Crippen LogP contribution in [0.2, 0.25) is 0 Å². The van der Waals surface area contributed by atoms with Crippen LogP contribution in [0.15, 0.2) is 94.6 Å². The van der Waals surface area contributed by atoms with Crippen LogP contribution >= 0.6 is 0 Å². The van der Waals surface area contributed by atoms with Crippen molar-refractivity contribution in [1.29, 1.82) is 0 Å². The van der Waals surface area contributed by atoms with E-state index in [1.54, 1.807) is 0 Å². The van der Waals surface area contributed by atoms with Crippen molar-refractivity contribution in [3.8, 4) is 11.8 Å². The van der Waals surface area contributed by atoms with Crippen LogP contribution in [0.1, 0.15) is 103 Å². The second kappa shape index (κ2) is 13.7. The first kappa shape index (κ1) is 34.1. The van der Waals surface area contributed by atoms with Crippen LogP contribution in [0.3, 0.4) is 0 Å². The monoisotopic (exact) mass is 670 g/mol. The van der Waals surface area contributed by atoms with Crippen molar-refractivity contribution >= 4 is 49.6 Å². The predicted molar refractivity (Wildman–Crippen MR) is 214 cm³/mol. The number of ether oxygens (including phenoxy) is 1.